The number of carbonyl (C=O) groups excluding carboxylic acids is 1. The smallest absolute Gasteiger partial charge is 0.377 e. The number of rotatable bonds is 6. The number of alkyl halides is 3. The van der Waals surface area contributed by atoms with Gasteiger partial charge in [0.1, 0.15) is 0 Å². The highest BCUT2D eigenvalue weighted by atomic mass is 35.5. The van der Waals surface area contributed by atoms with Crippen LogP contribution in [0.3, 0.4) is 0 Å². The van der Waals surface area contributed by atoms with E-state index in [4.69, 9.17) is 16.3 Å². The summed E-state index contributed by atoms with van der Waals surface area (Å²) in [6.45, 7) is 1.79. The Kier molecular flexibility index (Phi) is 6.50. The van der Waals surface area contributed by atoms with Crippen molar-refractivity contribution in [2.45, 2.75) is 19.2 Å². The lowest BCUT2D eigenvalue weighted by molar-refractivity contribution is -0.137. The molecule has 140 valence electrons. The largest absolute Gasteiger partial charge is 0.417 e. The van der Waals surface area contributed by atoms with E-state index in [0.29, 0.717) is 5.69 Å². The quantitative estimate of drug-likeness (QED) is 0.724. The summed E-state index contributed by atoms with van der Waals surface area (Å²) in [5.41, 5.74) is 0.667. The van der Waals surface area contributed by atoms with Crippen LogP contribution < -0.4 is 10.6 Å². The molecule has 1 amide bonds. The molecule has 0 bridgehead atoms. The highest BCUT2D eigenvalue weighted by molar-refractivity contribution is 6.31. The van der Waals surface area contributed by atoms with Gasteiger partial charge in [-0.3, -0.25) is 4.79 Å². The fraction of sp³-hybridized carbons (Fsp3) is 0.278. The molecule has 2 aromatic rings. The van der Waals surface area contributed by atoms with Gasteiger partial charge in [-0.2, -0.15) is 13.2 Å². The van der Waals surface area contributed by atoms with Crippen LogP contribution in [0.2, 0.25) is 5.02 Å². The fourth-order valence-electron chi connectivity index (χ4n) is 2.25. The number of benzene rings is 2. The lowest BCUT2D eigenvalue weighted by Crippen LogP contribution is -2.22. The maximum atomic E-state index is 12.8. The number of carbonyl (C=O) groups is 1. The molecule has 26 heavy (non-hydrogen) atoms. The summed E-state index contributed by atoms with van der Waals surface area (Å²) in [4.78, 5) is 12.0. The van der Waals surface area contributed by atoms with Gasteiger partial charge >= 0.3 is 6.18 Å². The van der Waals surface area contributed by atoms with Gasteiger partial charge in [-0.1, -0.05) is 23.7 Å². The van der Waals surface area contributed by atoms with Crippen LogP contribution in [0.15, 0.2) is 42.5 Å². The van der Waals surface area contributed by atoms with Crippen molar-refractivity contribution in [2.75, 3.05) is 24.3 Å². The Morgan fingerprint density at radius 3 is 2.58 bits per heavy atom. The zero-order valence-electron chi connectivity index (χ0n) is 14.2. The number of hydrogen-bond donors (Lipinski definition) is 2. The van der Waals surface area contributed by atoms with E-state index in [1.54, 1.807) is 13.2 Å². The standard InChI is InChI=1S/C18H18ClF3N2O2/c1-11(26-2)12-4-3-5-13(8-12)23-10-17(25)24-14-6-7-16(19)15(9-14)18(20,21)22/h3-9,11,23H,10H2,1-2H3,(H,24,25). The molecule has 0 aliphatic carbocycles. The van der Waals surface area contributed by atoms with Crippen molar-refractivity contribution in [3.63, 3.8) is 0 Å². The molecule has 2 N–H and O–H groups in total. The third-order valence-corrected chi connectivity index (χ3v) is 4.05. The Labute approximate surface area is 154 Å². The van der Waals surface area contributed by atoms with E-state index >= 15 is 0 Å². The van der Waals surface area contributed by atoms with Crippen molar-refractivity contribution < 1.29 is 22.7 Å². The van der Waals surface area contributed by atoms with Crippen LogP contribution in [0, 0.1) is 0 Å². The summed E-state index contributed by atoms with van der Waals surface area (Å²) < 4.78 is 43.8. The number of halogens is 4. The van der Waals surface area contributed by atoms with Gasteiger partial charge in [-0.25, -0.2) is 0 Å². The van der Waals surface area contributed by atoms with Crippen LogP contribution in [0.1, 0.15) is 24.2 Å². The maximum absolute atomic E-state index is 12.8. The molecule has 1 unspecified atom stereocenters. The molecule has 0 aromatic heterocycles. The monoisotopic (exact) mass is 386 g/mol. The van der Waals surface area contributed by atoms with Gasteiger partial charge in [-0.05, 0) is 42.8 Å². The van der Waals surface area contributed by atoms with E-state index in [2.05, 4.69) is 10.6 Å². The van der Waals surface area contributed by atoms with Gasteiger partial charge in [0.25, 0.3) is 0 Å². The molecule has 0 aliphatic heterocycles. The minimum atomic E-state index is -4.59. The second-order valence-corrected chi connectivity index (χ2v) is 6.00. The molecule has 0 saturated carbocycles. The Bertz CT molecular complexity index is 781. The average Bonchev–Trinajstić information content (AvgIpc) is 2.60. The number of amides is 1. The number of hydrogen-bond acceptors (Lipinski definition) is 3. The number of nitrogens with one attached hydrogen (secondary N) is 2. The van der Waals surface area contributed by atoms with Crippen molar-refractivity contribution in [1.82, 2.24) is 0 Å². The minimum Gasteiger partial charge on any atom is -0.377 e. The van der Waals surface area contributed by atoms with Gasteiger partial charge in [-0.15, -0.1) is 0 Å². The van der Waals surface area contributed by atoms with Crippen LogP contribution in [-0.2, 0) is 15.7 Å². The molecule has 0 spiro atoms. The minimum absolute atomic E-state index is 0.0234. The first kappa shape index (κ1) is 20.1. The Morgan fingerprint density at radius 2 is 1.92 bits per heavy atom. The normalized spacial score (nSPS) is 12.5. The molecule has 0 radical (unpaired) electrons. The van der Waals surface area contributed by atoms with Gasteiger partial charge in [0.15, 0.2) is 0 Å². The third kappa shape index (κ3) is 5.37. The summed E-state index contributed by atoms with van der Waals surface area (Å²) in [6.07, 6.45) is -4.69. The van der Waals surface area contributed by atoms with Crippen molar-refractivity contribution in [3.8, 4) is 0 Å². The topological polar surface area (TPSA) is 50.4 Å². The SMILES string of the molecule is COC(C)c1cccc(NCC(=O)Nc2ccc(Cl)c(C(F)(F)F)c2)c1. The molecule has 1 atom stereocenters. The predicted octanol–water partition coefficient (Wildman–Crippen LogP) is 5.12. The predicted molar refractivity (Wildman–Crippen MR) is 95.4 cm³/mol. The lowest BCUT2D eigenvalue weighted by Gasteiger charge is -2.13. The van der Waals surface area contributed by atoms with E-state index in [1.165, 1.54) is 6.07 Å². The first-order valence-corrected chi connectivity index (χ1v) is 8.11. The average molecular weight is 387 g/mol. The van der Waals surface area contributed by atoms with Crippen LogP contribution in [0.25, 0.3) is 0 Å². The molecular weight excluding hydrogens is 369 g/mol. The highest BCUT2D eigenvalue weighted by Gasteiger charge is 2.33. The van der Waals surface area contributed by atoms with Crippen LogP contribution >= 0.6 is 11.6 Å². The van der Waals surface area contributed by atoms with Crippen LogP contribution in [0.5, 0.6) is 0 Å². The Hall–Kier alpha value is -2.25. The first-order valence-electron chi connectivity index (χ1n) is 7.74. The van der Waals surface area contributed by atoms with E-state index in [1.807, 2.05) is 25.1 Å². The number of methoxy groups -OCH3 is 1. The molecule has 0 saturated heterocycles. The molecule has 0 fully saturated rings. The molecule has 0 heterocycles. The second-order valence-electron chi connectivity index (χ2n) is 5.60. The summed E-state index contributed by atoms with van der Waals surface area (Å²) in [6, 6.07) is 10.6. The van der Waals surface area contributed by atoms with Gasteiger partial charge in [0, 0.05) is 18.5 Å². The van der Waals surface area contributed by atoms with Crippen molar-refractivity contribution >= 4 is 28.9 Å². The Morgan fingerprint density at radius 1 is 1.19 bits per heavy atom. The summed E-state index contributed by atoms with van der Waals surface area (Å²) in [7, 11) is 1.60. The highest BCUT2D eigenvalue weighted by Crippen LogP contribution is 2.36. The zero-order chi connectivity index (χ0) is 19.3. The van der Waals surface area contributed by atoms with E-state index in [0.717, 1.165) is 17.7 Å². The van der Waals surface area contributed by atoms with Crippen molar-refractivity contribution in [3.05, 3.63) is 58.6 Å². The van der Waals surface area contributed by atoms with E-state index in [-0.39, 0.29) is 18.3 Å². The fourth-order valence-corrected chi connectivity index (χ4v) is 2.47. The third-order valence-electron chi connectivity index (χ3n) is 3.72. The van der Waals surface area contributed by atoms with Crippen molar-refractivity contribution in [2.24, 2.45) is 0 Å². The first-order chi connectivity index (χ1) is 12.2. The van der Waals surface area contributed by atoms with Gasteiger partial charge in [0.05, 0.1) is 23.2 Å². The zero-order valence-corrected chi connectivity index (χ0v) is 14.9. The molecule has 0 aliphatic rings. The number of ether oxygens (including phenoxy) is 1. The van der Waals surface area contributed by atoms with E-state index < -0.39 is 22.7 Å². The molecular formula is C18H18ClF3N2O2. The van der Waals surface area contributed by atoms with E-state index in [9.17, 15) is 18.0 Å². The molecule has 2 rings (SSSR count). The number of anilines is 2. The summed E-state index contributed by atoms with van der Waals surface area (Å²) in [5.74, 6) is -0.481. The Balaban J connectivity index is 2.00. The van der Waals surface area contributed by atoms with Gasteiger partial charge < -0.3 is 15.4 Å². The van der Waals surface area contributed by atoms with Gasteiger partial charge in [0.2, 0.25) is 5.91 Å². The van der Waals surface area contributed by atoms with Crippen molar-refractivity contribution in [1.29, 1.82) is 0 Å². The van der Waals surface area contributed by atoms with Crippen LogP contribution in [-0.4, -0.2) is 19.6 Å². The summed E-state index contributed by atoms with van der Waals surface area (Å²) >= 11 is 5.56. The maximum Gasteiger partial charge on any atom is 0.417 e. The molecule has 4 nitrogen and oxygen atoms in total. The molecule has 2 aromatic carbocycles. The second kappa shape index (κ2) is 8.42. The summed E-state index contributed by atoms with van der Waals surface area (Å²) in [5, 5.41) is 4.92. The lowest BCUT2D eigenvalue weighted by atomic mass is 10.1. The van der Waals surface area contributed by atoms with Crippen LogP contribution in [0.4, 0.5) is 24.5 Å². The molecule has 8 heteroatoms.